The van der Waals surface area contributed by atoms with Crippen molar-refractivity contribution in [1.29, 1.82) is 0 Å². The summed E-state index contributed by atoms with van der Waals surface area (Å²) >= 11 is 0. The van der Waals surface area contributed by atoms with Crippen molar-refractivity contribution < 1.29 is 55.6 Å². The van der Waals surface area contributed by atoms with Crippen molar-refractivity contribution in [2.45, 2.75) is 58.9 Å². The van der Waals surface area contributed by atoms with Crippen LogP contribution in [0.3, 0.4) is 0 Å². The molecule has 0 fully saturated rings. The van der Waals surface area contributed by atoms with Crippen LogP contribution in [0.5, 0.6) is 5.75 Å². The van der Waals surface area contributed by atoms with Crippen molar-refractivity contribution >= 4 is 12.1 Å². The first kappa shape index (κ1) is 32.4. The molecular formula is C24H34F5NO7. The second kappa shape index (κ2) is 14.3. The lowest BCUT2D eigenvalue weighted by atomic mass is 9.99. The molecule has 212 valence electrons. The molecule has 1 atom stereocenters. The number of hydrogen-bond donors (Lipinski definition) is 1. The summed E-state index contributed by atoms with van der Waals surface area (Å²) in [5, 5.41) is 9.18. The molecule has 1 aromatic rings. The molecule has 1 amide bonds. The number of carboxylic acid groups (broad SMARTS) is 1. The van der Waals surface area contributed by atoms with Crippen molar-refractivity contribution in [1.82, 2.24) is 4.90 Å². The zero-order valence-corrected chi connectivity index (χ0v) is 21.3. The Labute approximate surface area is 212 Å². The summed E-state index contributed by atoms with van der Waals surface area (Å²) in [6.07, 6.45) is -13.0. The van der Waals surface area contributed by atoms with Crippen LogP contribution in [0.1, 0.15) is 39.7 Å². The first-order valence-corrected chi connectivity index (χ1v) is 11.6. The molecule has 1 N–H and O–H groups in total. The van der Waals surface area contributed by atoms with Crippen LogP contribution in [-0.2, 0) is 25.4 Å². The lowest BCUT2D eigenvalue weighted by Gasteiger charge is -2.25. The maximum absolute atomic E-state index is 12.9. The van der Waals surface area contributed by atoms with Crippen LogP contribution in [0.25, 0.3) is 0 Å². The van der Waals surface area contributed by atoms with E-state index in [9.17, 15) is 36.6 Å². The Bertz CT molecular complexity index is 841. The molecule has 0 aliphatic heterocycles. The Hall–Kier alpha value is -2.67. The molecule has 0 bridgehead atoms. The van der Waals surface area contributed by atoms with Gasteiger partial charge in [-0.1, -0.05) is 32.9 Å². The van der Waals surface area contributed by atoms with E-state index in [1.807, 2.05) is 20.8 Å². The van der Waals surface area contributed by atoms with Crippen LogP contribution < -0.4 is 4.74 Å². The minimum atomic E-state index is -5.83. The van der Waals surface area contributed by atoms with Crippen LogP contribution in [0.2, 0.25) is 0 Å². The van der Waals surface area contributed by atoms with Gasteiger partial charge in [-0.2, -0.15) is 22.0 Å². The SMILES string of the molecule is CCOC(Cc1ccc(OCCN(CCCOC(F)(F)C(F)(F)F)C(=O)OCC(C)(C)C)cc1)C(=O)O. The Balaban J connectivity index is 2.67. The van der Waals surface area contributed by atoms with Crippen LogP contribution in [0.15, 0.2) is 24.3 Å². The Morgan fingerprint density at radius 2 is 1.62 bits per heavy atom. The highest BCUT2D eigenvalue weighted by molar-refractivity contribution is 5.72. The highest BCUT2D eigenvalue weighted by atomic mass is 19.4. The molecule has 0 aliphatic rings. The summed E-state index contributed by atoms with van der Waals surface area (Å²) in [5.41, 5.74) is 0.357. The Kier molecular flexibility index (Phi) is 12.5. The van der Waals surface area contributed by atoms with Gasteiger partial charge in [0.25, 0.3) is 0 Å². The van der Waals surface area contributed by atoms with E-state index >= 15 is 0 Å². The van der Waals surface area contributed by atoms with Crippen molar-refractivity contribution in [3.05, 3.63) is 29.8 Å². The molecule has 0 saturated heterocycles. The molecule has 8 nitrogen and oxygen atoms in total. The largest absolute Gasteiger partial charge is 0.492 e. The molecule has 0 radical (unpaired) electrons. The van der Waals surface area contributed by atoms with E-state index in [2.05, 4.69) is 4.74 Å². The number of carbonyl (C=O) groups excluding carboxylic acids is 1. The molecule has 0 spiro atoms. The molecule has 37 heavy (non-hydrogen) atoms. The summed E-state index contributed by atoms with van der Waals surface area (Å²) in [6.45, 7) is 6.30. The second-order valence-electron chi connectivity index (χ2n) is 9.30. The number of halogens is 5. The van der Waals surface area contributed by atoms with Gasteiger partial charge in [0.1, 0.15) is 12.4 Å². The van der Waals surface area contributed by atoms with E-state index in [1.54, 1.807) is 31.2 Å². The maximum Gasteiger partial charge on any atom is 0.482 e. The van der Waals surface area contributed by atoms with Crippen LogP contribution in [-0.4, -0.2) is 80.0 Å². The average Bonchev–Trinajstić information content (AvgIpc) is 2.78. The topological polar surface area (TPSA) is 94.5 Å². The van der Waals surface area contributed by atoms with Gasteiger partial charge in [0, 0.05) is 19.6 Å². The van der Waals surface area contributed by atoms with Crippen LogP contribution in [0.4, 0.5) is 26.7 Å². The van der Waals surface area contributed by atoms with Gasteiger partial charge in [0.2, 0.25) is 0 Å². The van der Waals surface area contributed by atoms with Crippen molar-refractivity contribution in [2.24, 2.45) is 5.41 Å². The highest BCUT2D eigenvalue weighted by Crippen LogP contribution is 2.36. The van der Waals surface area contributed by atoms with E-state index in [0.29, 0.717) is 11.3 Å². The predicted octanol–water partition coefficient (Wildman–Crippen LogP) is 5.14. The molecule has 0 saturated carbocycles. The van der Waals surface area contributed by atoms with E-state index in [4.69, 9.17) is 14.2 Å². The standard InChI is InChI=1S/C24H34F5NO7/c1-5-34-19(20(31)32)15-17-7-9-18(10-8-17)35-14-12-30(21(33)36-16-22(2,3)4)11-6-13-37-24(28,29)23(25,26)27/h7-10,19H,5-6,11-16H2,1-4H3,(H,31,32). The smallest absolute Gasteiger partial charge is 0.482 e. The number of carboxylic acids is 1. The van der Waals surface area contributed by atoms with E-state index in [0.717, 1.165) is 4.90 Å². The molecule has 1 rings (SSSR count). The first-order chi connectivity index (χ1) is 17.1. The van der Waals surface area contributed by atoms with Gasteiger partial charge < -0.3 is 29.0 Å². The molecule has 1 unspecified atom stereocenters. The van der Waals surface area contributed by atoms with Crippen molar-refractivity contribution in [3.63, 3.8) is 0 Å². The average molecular weight is 544 g/mol. The Morgan fingerprint density at radius 1 is 1.00 bits per heavy atom. The molecule has 0 aliphatic carbocycles. The number of aliphatic carboxylic acids is 1. The number of carbonyl (C=O) groups is 2. The van der Waals surface area contributed by atoms with Gasteiger partial charge in [-0.05, 0) is 36.5 Å². The number of amides is 1. The maximum atomic E-state index is 12.9. The number of ether oxygens (including phenoxy) is 4. The first-order valence-electron chi connectivity index (χ1n) is 11.6. The van der Waals surface area contributed by atoms with Gasteiger partial charge >= 0.3 is 24.3 Å². The van der Waals surface area contributed by atoms with Crippen molar-refractivity contribution in [2.75, 3.05) is 39.5 Å². The fraction of sp³-hybridized carbons (Fsp3) is 0.667. The second-order valence-corrected chi connectivity index (χ2v) is 9.30. The summed E-state index contributed by atoms with van der Waals surface area (Å²) in [7, 11) is 0. The van der Waals surface area contributed by atoms with E-state index in [-0.39, 0.29) is 51.2 Å². The third-order valence-corrected chi connectivity index (χ3v) is 4.69. The lowest BCUT2D eigenvalue weighted by molar-refractivity contribution is -0.391. The van der Waals surface area contributed by atoms with Gasteiger partial charge in [-0.3, -0.25) is 0 Å². The van der Waals surface area contributed by atoms with E-state index in [1.165, 1.54) is 0 Å². The van der Waals surface area contributed by atoms with Crippen molar-refractivity contribution in [3.8, 4) is 5.75 Å². The van der Waals surface area contributed by atoms with E-state index < -0.39 is 37.1 Å². The fourth-order valence-corrected chi connectivity index (χ4v) is 2.83. The highest BCUT2D eigenvalue weighted by Gasteiger charge is 2.59. The quantitative estimate of drug-likeness (QED) is 0.242. The lowest BCUT2D eigenvalue weighted by Crippen LogP contribution is -2.40. The predicted molar refractivity (Wildman–Crippen MR) is 123 cm³/mol. The third-order valence-electron chi connectivity index (χ3n) is 4.69. The zero-order valence-electron chi connectivity index (χ0n) is 21.3. The molecule has 1 aromatic carbocycles. The van der Waals surface area contributed by atoms with Crippen LogP contribution >= 0.6 is 0 Å². The molecule has 13 heteroatoms. The Morgan fingerprint density at radius 3 is 2.14 bits per heavy atom. The minimum Gasteiger partial charge on any atom is -0.492 e. The normalized spacial score (nSPS) is 13.2. The van der Waals surface area contributed by atoms with Gasteiger partial charge in [0.05, 0.1) is 19.8 Å². The van der Waals surface area contributed by atoms with Gasteiger partial charge in [0.15, 0.2) is 6.10 Å². The van der Waals surface area contributed by atoms with Crippen LogP contribution in [0, 0.1) is 5.41 Å². The molecular weight excluding hydrogens is 509 g/mol. The summed E-state index contributed by atoms with van der Waals surface area (Å²) in [4.78, 5) is 24.8. The number of rotatable bonds is 15. The van der Waals surface area contributed by atoms with Gasteiger partial charge in [-0.25, -0.2) is 9.59 Å². The summed E-state index contributed by atoms with van der Waals surface area (Å²) in [6, 6.07) is 6.54. The molecule has 0 heterocycles. The number of nitrogens with zero attached hydrogens (tertiary/aromatic N) is 1. The third kappa shape index (κ3) is 12.4. The minimum absolute atomic E-state index is 0.0276. The number of alkyl halides is 5. The summed E-state index contributed by atoms with van der Waals surface area (Å²) < 4.78 is 82.2. The number of hydrogen-bond acceptors (Lipinski definition) is 6. The number of benzene rings is 1. The fourth-order valence-electron chi connectivity index (χ4n) is 2.83. The summed E-state index contributed by atoms with van der Waals surface area (Å²) in [5.74, 6) is -0.656. The molecule has 0 aromatic heterocycles. The monoisotopic (exact) mass is 543 g/mol. The van der Waals surface area contributed by atoms with Gasteiger partial charge in [-0.15, -0.1) is 0 Å². The zero-order chi connectivity index (χ0) is 28.3.